The van der Waals surface area contributed by atoms with E-state index in [1.54, 1.807) is 26.9 Å². The molecule has 0 aromatic heterocycles. The van der Waals surface area contributed by atoms with E-state index in [2.05, 4.69) is 13.2 Å². The van der Waals surface area contributed by atoms with Crippen molar-refractivity contribution in [1.29, 1.82) is 0 Å². The molecular weight excluding hydrogens is 554 g/mol. The minimum Gasteiger partial charge on any atom is -0.394 e. The van der Waals surface area contributed by atoms with Crippen molar-refractivity contribution in [2.75, 3.05) is 24.6 Å². The molecule has 2 unspecified atom stereocenters. The van der Waals surface area contributed by atoms with Gasteiger partial charge in [-0.2, -0.15) is 0 Å². The lowest BCUT2D eigenvalue weighted by Gasteiger charge is -2.40. The van der Waals surface area contributed by atoms with E-state index in [1.807, 2.05) is 81.4 Å². The molecule has 1 spiro atoms. The molecule has 2 aromatic rings. The Balaban J connectivity index is 1.60. The number of para-hydroxylation sites is 1. The molecular formula is C36H45N3O5. The van der Waals surface area contributed by atoms with E-state index in [4.69, 9.17) is 4.74 Å². The number of nitrogens with zero attached hydrogens (tertiary/aromatic N) is 3. The maximum Gasteiger partial charge on any atom is 0.249 e. The standard InChI is InChI=1S/C36H45N3O5/c1-6-20-37(23-26-14-10-8-11-15-26)34(43)31-36-19-18-35(5,44-36)29(30(36)33(42)39(31)28(24-40)22-25(3)4)32(41)38(21-7-2)27-16-12-9-13-17-27/h6-17,25,28-31,40H,1-2,18-24H2,3-5H3/t28-,29-,30+,31?,35+,36?/m1/s1. The number of likely N-dealkylation sites (tertiary alicyclic amines) is 1. The molecule has 8 heteroatoms. The monoisotopic (exact) mass is 599 g/mol. The number of carbonyl (C=O) groups excluding carboxylic acids is 3. The van der Waals surface area contributed by atoms with Crippen molar-refractivity contribution >= 4 is 23.4 Å². The molecule has 0 radical (unpaired) electrons. The highest BCUT2D eigenvalue weighted by Gasteiger charge is 2.78. The Morgan fingerprint density at radius 1 is 1.02 bits per heavy atom. The van der Waals surface area contributed by atoms with Crippen molar-refractivity contribution in [2.45, 2.75) is 69.9 Å². The molecule has 3 aliphatic rings. The van der Waals surface area contributed by atoms with Crippen LogP contribution in [0.2, 0.25) is 0 Å². The molecule has 2 aromatic carbocycles. The molecule has 0 aliphatic carbocycles. The highest BCUT2D eigenvalue weighted by molar-refractivity contribution is 6.03. The smallest absolute Gasteiger partial charge is 0.249 e. The van der Waals surface area contributed by atoms with Crippen molar-refractivity contribution < 1.29 is 24.2 Å². The van der Waals surface area contributed by atoms with E-state index in [-0.39, 0.29) is 43.3 Å². The molecule has 3 saturated heterocycles. The van der Waals surface area contributed by atoms with Crippen LogP contribution in [0.3, 0.4) is 0 Å². The van der Waals surface area contributed by atoms with Gasteiger partial charge in [-0.3, -0.25) is 14.4 Å². The van der Waals surface area contributed by atoms with E-state index >= 15 is 0 Å². The first kappa shape index (κ1) is 31.7. The van der Waals surface area contributed by atoms with E-state index in [0.717, 1.165) is 5.56 Å². The van der Waals surface area contributed by atoms with Gasteiger partial charge in [-0.05, 0) is 49.8 Å². The maximum atomic E-state index is 14.8. The van der Waals surface area contributed by atoms with Crippen LogP contribution in [-0.2, 0) is 25.7 Å². The summed E-state index contributed by atoms with van der Waals surface area (Å²) in [5.41, 5.74) is -0.458. The second-order valence-corrected chi connectivity index (χ2v) is 13.0. The molecule has 6 atom stereocenters. The maximum absolute atomic E-state index is 14.8. The number of benzene rings is 2. The van der Waals surface area contributed by atoms with Gasteiger partial charge in [0.1, 0.15) is 11.6 Å². The van der Waals surface area contributed by atoms with Gasteiger partial charge in [-0.15, -0.1) is 13.2 Å². The molecule has 0 saturated carbocycles. The summed E-state index contributed by atoms with van der Waals surface area (Å²) in [4.78, 5) is 49.0. The van der Waals surface area contributed by atoms with Crippen molar-refractivity contribution in [3.8, 4) is 0 Å². The average Bonchev–Trinajstić information content (AvgIpc) is 3.59. The first-order chi connectivity index (χ1) is 21.1. The van der Waals surface area contributed by atoms with Gasteiger partial charge in [0.15, 0.2) is 0 Å². The first-order valence-corrected chi connectivity index (χ1v) is 15.7. The van der Waals surface area contributed by atoms with Crippen LogP contribution in [0.5, 0.6) is 0 Å². The zero-order valence-electron chi connectivity index (χ0n) is 26.1. The number of hydrogen-bond acceptors (Lipinski definition) is 5. The summed E-state index contributed by atoms with van der Waals surface area (Å²) in [7, 11) is 0. The van der Waals surface area contributed by atoms with Crippen LogP contribution in [0.15, 0.2) is 86.0 Å². The van der Waals surface area contributed by atoms with Gasteiger partial charge < -0.3 is 24.5 Å². The Morgan fingerprint density at radius 3 is 2.25 bits per heavy atom. The molecule has 5 rings (SSSR count). The van der Waals surface area contributed by atoms with Crippen LogP contribution in [0.4, 0.5) is 5.69 Å². The third kappa shape index (κ3) is 5.39. The minimum absolute atomic E-state index is 0.163. The van der Waals surface area contributed by atoms with Crippen LogP contribution in [0, 0.1) is 17.8 Å². The largest absolute Gasteiger partial charge is 0.394 e. The summed E-state index contributed by atoms with van der Waals surface area (Å²) in [5.74, 6) is -2.27. The average molecular weight is 600 g/mol. The Hall–Kier alpha value is -3.75. The number of ether oxygens (including phenoxy) is 1. The van der Waals surface area contributed by atoms with Gasteiger partial charge in [0.25, 0.3) is 0 Å². The molecule has 3 aliphatic heterocycles. The molecule has 3 heterocycles. The number of rotatable bonds is 13. The lowest BCUT2D eigenvalue weighted by Crippen LogP contribution is -2.58. The van der Waals surface area contributed by atoms with E-state index in [9.17, 15) is 19.5 Å². The fraction of sp³-hybridized carbons (Fsp3) is 0.472. The second kappa shape index (κ2) is 12.7. The normalized spacial score (nSPS) is 27.7. The van der Waals surface area contributed by atoms with Gasteiger partial charge in [0.05, 0.1) is 30.1 Å². The summed E-state index contributed by atoms with van der Waals surface area (Å²) in [6.07, 6.45) is 4.87. The van der Waals surface area contributed by atoms with Crippen LogP contribution >= 0.6 is 0 Å². The Bertz CT molecular complexity index is 1380. The molecule has 234 valence electrons. The molecule has 1 N–H and O–H groups in total. The van der Waals surface area contributed by atoms with Gasteiger partial charge in [-0.25, -0.2) is 0 Å². The predicted octanol–water partition coefficient (Wildman–Crippen LogP) is 4.59. The molecule has 3 fully saturated rings. The van der Waals surface area contributed by atoms with Crippen LogP contribution in [0.25, 0.3) is 0 Å². The number of amides is 3. The number of aliphatic hydroxyl groups excluding tert-OH is 1. The Kier molecular flexibility index (Phi) is 9.14. The number of fused-ring (bicyclic) bond motifs is 1. The fourth-order valence-corrected chi connectivity index (χ4v) is 7.83. The lowest BCUT2D eigenvalue weighted by atomic mass is 9.66. The Morgan fingerprint density at radius 2 is 1.66 bits per heavy atom. The molecule has 44 heavy (non-hydrogen) atoms. The lowest BCUT2D eigenvalue weighted by molar-refractivity contribution is -0.155. The predicted molar refractivity (Wildman–Crippen MR) is 170 cm³/mol. The van der Waals surface area contributed by atoms with E-state index in [0.29, 0.717) is 31.5 Å². The summed E-state index contributed by atoms with van der Waals surface area (Å²) in [6, 6.07) is 17.5. The highest BCUT2D eigenvalue weighted by atomic mass is 16.5. The molecule has 3 amide bonds. The third-order valence-electron chi connectivity index (χ3n) is 9.59. The highest BCUT2D eigenvalue weighted by Crippen LogP contribution is 2.64. The van der Waals surface area contributed by atoms with Gasteiger partial charge >= 0.3 is 0 Å². The minimum atomic E-state index is -1.19. The summed E-state index contributed by atoms with van der Waals surface area (Å²) in [5, 5.41) is 10.6. The quantitative estimate of drug-likeness (QED) is 0.340. The third-order valence-corrected chi connectivity index (χ3v) is 9.59. The van der Waals surface area contributed by atoms with Crippen molar-refractivity contribution in [2.24, 2.45) is 17.8 Å². The van der Waals surface area contributed by atoms with Crippen LogP contribution < -0.4 is 4.90 Å². The van der Waals surface area contributed by atoms with Crippen molar-refractivity contribution in [3.05, 3.63) is 91.5 Å². The van der Waals surface area contributed by atoms with Crippen molar-refractivity contribution in [3.63, 3.8) is 0 Å². The fourth-order valence-electron chi connectivity index (χ4n) is 7.83. The SMILES string of the molecule is C=CCN(Cc1ccccc1)C(=O)C1N([C@@H](CO)CC(C)C)C(=O)[C@@H]2[C@H](C(=O)N(CC=C)c3ccccc3)[C@]3(C)CCC12O3. The number of aliphatic hydroxyl groups is 1. The van der Waals surface area contributed by atoms with Crippen LogP contribution in [0.1, 0.15) is 45.6 Å². The molecule has 8 nitrogen and oxygen atoms in total. The number of anilines is 1. The summed E-state index contributed by atoms with van der Waals surface area (Å²) in [6.45, 7) is 14.3. The second-order valence-electron chi connectivity index (χ2n) is 13.0. The van der Waals surface area contributed by atoms with Gasteiger partial charge in [0.2, 0.25) is 17.7 Å². The van der Waals surface area contributed by atoms with E-state index in [1.165, 1.54) is 0 Å². The topological polar surface area (TPSA) is 90.4 Å². The number of carbonyl (C=O) groups is 3. The zero-order valence-corrected chi connectivity index (χ0v) is 26.1. The Labute approximate surface area is 261 Å². The number of hydrogen-bond donors (Lipinski definition) is 1. The zero-order chi connectivity index (χ0) is 31.6. The summed E-state index contributed by atoms with van der Waals surface area (Å²) >= 11 is 0. The van der Waals surface area contributed by atoms with Gasteiger partial charge in [0, 0.05) is 25.3 Å². The van der Waals surface area contributed by atoms with Crippen molar-refractivity contribution in [1.82, 2.24) is 9.80 Å². The van der Waals surface area contributed by atoms with Crippen LogP contribution in [-0.4, -0.2) is 75.6 Å². The summed E-state index contributed by atoms with van der Waals surface area (Å²) < 4.78 is 6.89. The van der Waals surface area contributed by atoms with E-state index < -0.39 is 35.1 Å². The molecule has 2 bridgehead atoms. The first-order valence-electron chi connectivity index (χ1n) is 15.7. The van der Waals surface area contributed by atoms with Gasteiger partial charge in [-0.1, -0.05) is 74.5 Å².